The number of esters is 1. The first-order chi connectivity index (χ1) is 10.1. The molecule has 0 amide bonds. The smallest absolute Gasteiger partial charge is 0.343 e. The number of aromatic nitrogens is 2. The van der Waals surface area contributed by atoms with Gasteiger partial charge in [0.1, 0.15) is 5.75 Å². The van der Waals surface area contributed by atoms with Crippen LogP contribution in [0.15, 0.2) is 30.5 Å². The maximum Gasteiger partial charge on any atom is 0.343 e. The molecular formula is C13H11ClFN3O3. The zero-order chi connectivity index (χ0) is 15.2. The molecule has 0 spiro atoms. The quantitative estimate of drug-likeness (QED) is 0.676. The maximum absolute atomic E-state index is 13.5. The van der Waals surface area contributed by atoms with Crippen LogP contribution >= 0.6 is 11.6 Å². The number of carbonyl (C=O) groups excluding carboxylic acids is 1. The van der Waals surface area contributed by atoms with E-state index >= 15 is 0 Å². The molecule has 0 fully saturated rings. The van der Waals surface area contributed by atoms with Gasteiger partial charge in [0.25, 0.3) is 0 Å². The van der Waals surface area contributed by atoms with E-state index in [1.54, 1.807) is 24.3 Å². The lowest BCUT2D eigenvalue weighted by molar-refractivity contribution is -0.142. The molecule has 8 heteroatoms. The van der Waals surface area contributed by atoms with Gasteiger partial charge in [-0.05, 0) is 35.9 Å². The second kappa shape index (κ2) is 6.85. The van der Waals surface area contributed by atoms with Crippen LogP contribution in [-0.4, -0.2) is 29.7 Å². The van der Waals surface area contributed by atoms with Crippen molar-refractivity contribution in [1.29, 1.82) is 0 Å². The normalized spacial score (nSPS) is 10.0. The summed E-state index contributed by atoms with van der Waals surface area (Å²) in [7, 11) is 1.28. The van der Waals surface area contributed by atoms with Crippen LogP contribution in [0.5, 0.6) is 5.75 Å². The Kier molecular flexibility index (Phi) is 4.89. The second-order valence-corrected chi connectivity index (χ2v) is 4.19. The number of methoxy groups -OCH3 is 1. The minimum Gasteiger partial charge on any atom is -0.482 e. The fraction of sp³-hybridized carbons (Fsp3) is 0.154. The number of halogens is 2. The van der Waals surface area contributed by atoms with E-state index in [4.69, 9.17) is 16.3 Å². The number of benzene rings is 1. The third-order valence-corrected chi connectivity index (χ3v) is 2.60. The van der Waals surface area contributed by atoms with Crippen LogP contribution in [0.3, 0.4) is 0 Å². The zero-order valence-electron chi connectivity index (χ0n) is 11.0. The molecule has 0 bridgehead atoms. The summed E-state index contributed by atoms with van der Waals surface area (Å²) in [5.41, 5.74) is 0.578. The van der Waals surface area contributed by atoms with Crippen LogP contribution in [0.2, 0.25) is 5.28 Å². The first-order valence-electron chi connectivity index (χ1n) is 5.83. The summed E-state index contributed by atoms with van der Waals surface area (Å²) >= 11 is 5.60. The average molecular weight is 312 g/mol. The molecule has 0 saturated heterocycles. The van der Waals surface area contributed by atoms with E-state index < -0.39 is 11.8 Å². The van der Waals surface area contributed by atoms with E-state index in [2.05, 4.69) is 20.0 Å². The molecule has 1 N–H and O–H groups in total. The van der Waals surface area contributed by atoms with Crippen molar-refractivity contribution in [2.24, 2.45) is 0 Å². The van der Waals surface area contributed by atoms with Crippen molar-refractivity contribution in [3.8, 4) is 5.75 Å². The van der Waals surface area contributed by atoms with Crippen molar-refractivity contribution in [2.75, 3.05) is 19.0 Å². The standard InChI is InChI=1S/C13H11ClFN3O3/c1-20-11(19)7-21-9-4-2-8(3-5-9)17-12-10(15)6-16-13(14)18-12/h2-6H,7H2,1H3,(H,16,17,18). The van der Waals surface area contributed by atoms with Gasteiger partial charge < -0.3 is 14.8 Å². The monoisotopic (exact) mass is 311 g/mol. The topological polar surface area (TPSA) is 73.3 Å². The van der Waals surface area contributed by atoms with Crippen molar-refractivity contribution in [1.82, 2.24) is 9.97 Å². The summed E-state index contributed by atoms with van der Waals surface area (Å²) in [5, 5.41) is 2.70. The van der Waals surface area contributed by atoms with Crippen molar-refractivity contribution in [3.05, 3.63) is 41.6 Å². The second-order valence-electron chi connectivity index (χ2n) is 3.85. The Labute approximate surface area is 124 Å². The molecule has 0 aliphatic carbocycles. The number of ether oxygens (including phenoxy) is 2. The van der Waals surface area contributed by atoms with Crippen LogP contribution in [0.25, 0.3) is 0 Å². The number of nitrogens with zero attached hydrogens (tertiary/aromatic N) is 2. The average Bonchev–Trinajstić information content (AvgIpc) is 2.50. The molecule has 2 aromatic rings. The highest BCUT2D eigenvalue weighted by atomic mass is 35.5. The molecule has 110 valence electrons. The number of nitrogens with one attached hydrogen (secondary N) is 1. The van der Waals surface area contributed by atoms with E-state index in [0.717, 1.165) is 6.20 Å². The Hall–Kier alpha value is -2.41. The third-order valence-electron chi connectivity index (χ3n) is 2.42. The molecule has 0 saturated carbocycles. The largest absolute Gasteiger partial charge is 0.482 e. The lowest BCUT2D eigenvalue weighted by atomic mass is 10.3. The molecule has 1 heterocycles. The predicted molar refractivity (Wildman–Crippen MR) is 74.2 cm³/mol. The van der Waals surface area contributed by atoms with Gasteiger partial charge in [-0.3, -0.25) is 0 Å². The Morgan fingerprint density at radius 2 is 2.10 bits per heavy atom. The molecule has 1 aromatic heterocycles. The number of hydrogen-bond donors (Lipinski definition) is 1. The molecule has 0 atom stereocenters. The molecular weight excluding hydrogens is 301 g/mol. The molecule has 0 radical (unpaired) electrons. The summed E-state index contributed by atoms with van der Waals surface area (Å²) in [6, 6.07) is 6.52. The van der Waals surface area contributed by atoms with E-state index in [-0.39, 0.29) is 17.7 Å². The van der Waals surface area contributed by atoms with Gasteiger partial charge in [-0.1, -0.05) is 0 Å². The Balaban J connectivity index is 2.02. The number of anilines is 2. The zero-order valence-corrected chi connectivity index (χ0v) is 11.7. The fourth-order valence-corrected chi connectivity index (χ4v) is 1.54. The molecule has 6 nitrogen and oxygen atoms in total. The summed E-state index contributed by atoms with van der Waals surface area (Å²) in [6.45, 7) is -0.181. The summed E-state index contributed by atoms with van der Waals surface area (Å²) < 4.78 is 23.1. The Morgan fingerprint density at radius 1 is 1.38 bits per heavy atom. The van der Waals surface area contributed by atoms with Crippen LogP contribution in [0.4, 0.5) is 15.9 Å². The van der Waals surface area contributed by atoms with Gasteiger partial charge in [0.2, 0.25) is 5.28 Å². The highest BCUT2D eigenvalue weighted by molar-refractivity contribution is 6.28. The van der Waals surface area contributed by atoms with Gasteiger partial charge in [-0.15, -0.1) is 0 Å². The van der Waals surface area contributed by atoms with Crippen LogP contribution in [0, 0.1) is 5.82 Å². The van der Waals surface area contributed by atoms with E-state index in [1.807, 2.05) is 0 Å². The van der Waals surface area contributed by atoms with E-state index in [0.29, 0.717) is 11.4 Å². The van der Waals surface area contributed by atoms with E-state index in [1.165, 1.54) is 7.11 Å². The van der Waals surface area contributed by atoms with Gasteiger partial charge in [0.05, 0.1) is 13.3 Å². The minimum atomic E-state index is -0.620. The summed E-state index contributed by atoms with van der Waals surface area (Å²) in [5.74, 6) is -0.648. The van der Waals surface area contributed by atoms with Crippen LogP contribution in [0.1, 0.15) is 0 Å². The van der Waals surface area contributed by atoms with Crippen LogP contribution in [-0.2, 0) is 9.53 Å². The van der Waals surface area contributed by atoms with Gasteiger partial charge in [0, 0.05) is 5.69 Å². The fourth-order valence-electron chi connectivity index (χ4n) is 1.41. The first kappa shape index (κ1) is 15.0. The maximum atomic E-state index is 13.5. The lowest BCUT2D eigenvalue weighted by Crippen LogP contribution is -2.12. The SMILES string of the molecule is COC(=O)COc1ccc(Nc2nc(Cl)ncc2F)cc1. The highest BCUT2D eigenvalue weighted by Crippen LogP contribution is 2.21. The number of hydrogen-bond acceptors (Lipinski definition) is 6. The van der Waals surface area contributed by atoms with Crippen molar-refractivity contribution < 1.29 is 18.7 Å². The summed E-state index contributed by atoms with van der Waals surface area (Å²) in [6.07, 6.45) is 0.978. The van der Waals surface area contributed by atoms with Crippen LogP contribution < -0.4 is 10.1 Å². The lowest BCUT2D eigenvalue weighted by Gasteiger charge is -2.08. The van der Waals surface area contributed by atoms with Gasteiger partial charge in [-0.25, -0.2) is 14.2 Å². The molecule has 21 heavy (non-hydrogen) atoms. The Morgan fingerprint density at radius 3 is 2.76 bits per heavy atom. The molecule has 0 aliphatic heterocycles. The summed E-state index contributed by atoms with van der Waals surface area (Å²) in [4.78, 5) is 18.2. The number of carbonyl (C=O) groups is 1. The van der Waals surface area contributed by atoms with Crippen molar-refractivity contribution in [3.63, 3.8) is 0 Å². The highest BCUT2D eigenvalue weighted by Gasteiger charge is 2.07. The third kappa shape index (κ3) is 4.28. The molecule has 2 rings (SSSR count). The minimum absolute atomic E-state index is 0.0294. The molecule has 0 aliphatic rings. The van der Waals surface area contributed by atoms with Gasteiger partial charge in [-0.2, -0.15) is 4.98 Å². The van der Waals surface area contributed by atoms with Crippen molar-refractivity contribution >= 4 is 29.1 Å². The van der Waals surface area contributed by atoms with Gasteiger partial charge >= 0.3 is 5.97 Å². The van der Waals surface area contributed by atoms with E-state index in [9.17, 15) is 9.18 Å². The number of rotatable bonds is 5. The molecule has 1 aromatic carbocycles. The Bertz CT molecular complexity index is 637. The molecule has 0 unspecified atom stereocenters. The first-order valence-corrected chi connectivity index (χ1v) is 6.21. The van der Waals surface area contributed by atoms with Gasteiger partial charge in [0.15, 0.2) is 18.2 Å². The predicted octanol–water partition coefficient (Wildman–Crippen LogP) is 2.56. The van der Waals surface area contributed by atoms with Crippen molar-refractivity contribution in [2.45, 2.75) is 0 Å².